The highest BCUT2D eigenvalue weighted by atomic mass is 79.9. The molecule has 2 rings (SSSR count). The Balaban J connectivity index is 1.86. The molecular formula is C22H29BrN4O. The molecule has 0 aliphatic carbocycles. The first-order valence-corrected chi connectivity index (χ1v) is 10.2. The molecule has 1 amide bonds. The molecule has 0 heterocycles. The van der Waals surface area contributed by atoms with Gasteiger partial charge in [-0.1, -0.05) is 54.0 Å². The lowest BCUT2D eigenvalue weighted by Crippen LogP contribution is -2.44. The minimum Gasteiger partial charge on any atom is -0.356 e. The van der Waals surface area contributed by atoms with E-state index in [-0.39, 0.29) is 11.3 Å². The molecule has 150 valence electrons. The molecule has 0 unspecified atom stereocenters. The number of guanidine groups is 1. The molecule has 0 radical (unpaired) electrons. The van der Waals surface area contributed by atoms with Gasteiger partial charge in [-0.15, -0.1) is 0 Å². The SMILES string of the molecule is CN=C(NCCc1cccc(C(=O)NC)c1)NCC(C)(C)c1ccc(Br)cc1. The van der Waals surface area contributed by atoms with Gasteiger partial charge in [0.15, 0.2) is 5.96 Å². The zero-order valence-corrected chi connectivity index (χ0v) is 18.6. The van der Waals surface area contributed by atoms with Crippen molar-refractivity contribution in [3.63, 3.8) is 0 Å². The van der Waals surface area contributed by atoms with E-state index in [1.165, 1.54) is 5.56 Å². The number of hydrogen-bond acceptors (Lipinski definition) is 2. The lowest BCUT2D eigenvalue weighted by Gasteiger charge is -2.27. The van der Waals surface area contributed by atoms with Crippen molar-refractivity contribution in [1.29, 1.82) is 0 Å². The molecule has 0 atom stereocenters. The second-order valence-corrected chi connectivity index (χ2v) is 8.19. The van der Waals surface area contributed by atoms with E-state index in [0.717, 1.165) is 35.5 Å². The van der Waals surface area contributed by atoms with Crippen LogP contribution in [-0.2, 0) is 11.8 Å². The van der Waals surface area contributed by atoms with E-state index in [2.05, 4.69) is 75.0 Å². The molecular weight excluding hydrogens is 416 g/mol. The quantitative estimate of drug-likeness (QED) is 0.452. The number of nitrogens with zero attached hydrogens (tertiary/aromatic N) is 1. The van der Waals surface area contributed by atoms with Crippen LogP contribution < -0.4 is 16.0 Å². The monoisotopic (exact) mass is 444 g/mol. The van der Waals surface area contributed by atoms with Crippen LogP contribution in [0.25, 0.3) is 0 Å². The van der Waals surface area contributed by atoms with Crippen LogP contribution in [0, 0.1) is 0 Å². The molecule has 2 aromatic rings. The van der Waals surface area contributed by atoms with Crippen molar-refractivity contribution in [2.24, 2.45) is 4.99 Å². The molecule has 0 bridgehead atoms. The van der Waals surface area contributed by atoms with Crippen LogP contribution >= 0.6 is 15.9 Å². The summed E-state index contributed by atoms with van der Waals surface area (Å²) in [5, 5.41) is 9.41. The van der Waals surface area contributed by atoms with Gasteiger partial charge >= 0.3 is 0 Å². The van der Waals surface area contributed by atoms with E-state index in [1.807, 2.05) is 24.3 Å². The van der Waals surface area contributed by atoms with Crippen LogP contribution in [0.1, 0.15) is 35.3 Å². The summed E-state index contributed by atoms with van der Waals surface area (Å²) in [6.45, 7) is 5.91. The molecule has 0 saturated carbocycles. The highest BCUT2D eigenvalue weighted by molar-refractivity contribution is 9.10. The summed E-state index contributed by atoms with van der Waals surface area (Å²) in [5.74, 6) is 0.704. The summed E-state index contributed by atoms with van der Waals surface area (Å²) < 4.78 is 1.08. The van der Waals surface area contributed by atoms with Crippen LogP contribution in [-0.4, -0.2) is 39.1 Å². The second-order valence-electron chi connectivity index (χ2n) is 7.27. The van der Waals surface area contributed by atoms with Crippen LogP contribution in [0.5, 0.6) is 0 Å². The molecule has 0 aliphatic rings. The minimum absolute atomic E-state index is 0.0276. The van der Waals surface area contributed by atoms with Crippen molar-refractivity contribution in [3.05, 3.63) is 69.7 Å². The van der Waals surface area contributed by atoms with Crippen LogP contribution in [0.2, 0.25) is 0 Å². The molecule has 0 fully saturated rings. The normalized spacial score (nSPS) is 11.8. The first kappa shape index (κ1) is 22.0. The van der Waals surface area contributed by atoms with Gasteiger partial charge in [-0.25, -0.2) is 0 Å². The number of carbonyl (C=O) groups excluding carboxylic acids is 1. The van der Waals surface area contributed by atoms with E-state index in [0.29, 0.717) is 5.56 Å². The maximum absolute atomic E-state index is 11.8. The molecule has 0 saturated heterocycles. The summed E-state index contributed by atoms with van der Waals surface area (Å²) in [7, 11) is 3.41. The third-order valence-corrected chi connectivity index (χ3v) is 5.20. The van der Waals surface area contributed by atoms with E-state index in [9.17, 15) is 4.79 Å². The molecule has 28 heavy (non-hydrogen) atoms. The Morgan fingerprint density at radius 1 is 1.11 bits per heavy atom. The molecule has 0 spiro atoms. The average Bonchev–Trinajstić information content (AvgIpc) is 2.70. The summed E-state index contributed by atoms with van der Waals surface area (Å²) in [6.07, 6.45) is 0.807. The van der Waals surface area contributed by atoms with Crippen LogP contribution in [0.3, 0.4) is 0 Å². The summed E-state index contributed by atoms with van der Waals surface area (Å²) in [4.78, 5) is 16.1. The predicted octanol–water partition coefficient (Wildman–Crippen LogP) is 3.49. The van der Waals surface area contributed by atoms with Crippen molar-refractivity contribution in [1.82, 2.24) is 16.0 Å². The fourth-order valence-corrected chi connectivity index (χ4v) is 3.13. The number of aliphatic imine (C=N–C) groups is 1. The van der Waals surface area contributed by atoms with Crippen molar-refractivity contribution in [2.45, 2.75) is 25.7 Å². The van der Waals surface area contributed by atoms with Gasteiger partial charge in [-0.2, -0.15) is 0 Å². The standard InChI is InChI=1S/C22H29BrN4O/c1-22(2,18-8-10-19(23)11-9-18)15-27-21(25-4)26-13-12-16-6-5-7-17(14-16)20(28)24-3/h5-11,14H,12-13,15H2,1-4H3,(H,24,28)(H2,25,26,27). The fourth-order valence-electron chi connectivity index (χ4n) is 2.87. The van der Waals surface area contributed by atoms with Gasteiger partial charge in [-0.3, -0.25) is 9.79 Å². The number of carbonyl (C=O) groups is 1. The topological polar surface area (TPSA) is 65.5 Å². The number of benzene rings is 2. The maximum atomic E-state index is 11.8. The van der Waals surface area contributed by atoms with Gasteiger partial charge in [0.25, 0.3) is 5.91 Å². The van der Waals surface area contributed by atoms with E-state index in [4.69, 9.17) is 0 Å². The molecule has 2 aromatic carbocycles. The van der Waals surface area contributed by atoms with Crippen molar-refractivity contribution in [2.75, 3.05) is 27.2 Å². The van der Waals surface area contributed by atoms with E-state index in [1.54, 1.807) is 14.1 Å². The predicted molar refractivity (Wildman–Crippen MR) is 120 cm³/mol. The molecule has 0 aliphatic heterocycles. The van der Waals surface area contributed by atoms with Crippen LogP contribution in [0.15, 0.2) is 58.0 Å². The Morgan fingerprint density at radius 3 is 2.46 bits per heavy atom. The molecule has 0 aromatic heterocycles. The number of amides is 1. The Hall–Kier alpha value is -2.34. The van der Waals surface area contributed by atoms with Crippen molar-refractivity contribution >= 4 is 27.8 Å². The Bertz CT molecular complexity index is 816. The van der Waals surface area contributed by atoms with Gasteiger partial charge in [0.2, 0.25) is 0 Å². The largest absolute Gasteiger partial charge is 0.356 e. The summed E-state index contributed by atoms with van der Waals surface area (Å²) in [6, 6.07) is 16.1. The average molecular weight is 445 g/mol. The van der Waals surface area contributed by atoms with Gasteiger partial charge < -0.3 is 16.0 Å². The Kier molecular flexibility index (Phi) is 8.05. The van der Waals surface area contributed by atoms with Crippen molar-refractivity contribution < 1.29 is 4.79 Å². The minimum atomic E-state index is -0.0672. The third kappa shape index (κ3) is 6.37. The summed E-state index contributed by atoms with van der Waals surface area (Å²) >= 11 is 3.48. The first-order valence-electron chi connectivity index (χ1n) is 9.37. The lowest BCUT2D eigenvalue weighted by atomic mass is 9.85. The van der Waals surface area contributed by atoms with Crippen molar-refractivity contribution in [3.8, 4) is 0 Å². The van der Waals surface area contributed by atoms with Gasteiger partial charge in [0.1, 0.15) is 0 Å². The number of nitrogens with one attached hydrogen (secondary N) is 3. The number of hydrogen-bond donors (Lipinski definition) is 3. The highest BCUT2D eigenvalue weighted by Gasteiger charge is 2.20. The zero-order valence-electron chi connectivity index (χ0n) is 17.0. The maximum Gasteiger partial charge on any atom is 0.251 e. The highest BCUT2D eigenvalue weighted by Crippen LogP contribution is 2.23. The molecule has 5 nitrogen and oxygen atoms in total. The van der Waals surface area contributed by atoms with E-state index < -0.39 is 0 Å². The third-order valence-electron chi connectivity index (χ3n) is 4.67. The Labute approximate surface area is 176 Å². The van der Waals surface area contributed by atoms with Gasteiger partial charge in [-0.05, 0) is 41.8 Å². The number of halogens is 1. The van der Waals surface area contributed by atoms with E-state index >= 15 is 0 Å². The van der Waals surface area contributed by atoms with Crippen LogP contribution in [0.4, 0.5) is 0 Å². The summed E-state index contributed by atoms with van der Waals surface area (Å²) in [5.41, 5.74) is 3.03. The molecule has 3 N–H and O–H groups in total. The first-order chi connectivity index (χ1) is 13.4. The van der Waals surface area contributed by atoms with Gasteiger partial charge in [0, 0.05) is 42.6 Å². The fraction of sp³-hybridized carbons (Fsp3) is 0.364. The lowest BCUT2D eigenvalue weighted by molar-refractivity contribution is 0.0963. The van der Waals surface area contributed by atoms with Gasteiger partial charge in [0.05, 0.1) is 0 Å². The second kappa shape index (κ2) is 10.3. The number of rotatable bonds is 7. The zero-order chi connectivity index (χ0) is 20.6. The molecule has 6 heteroatoms. The smallest absolute Gasteiger partial charge is 0.251 e. The Morgan fingerprint density at radius 2 is 1.82 bits per heavy atom.